The van der Waals surface area contributed by atoms with Crippen molar-refractivity contribution < 1.29 is 4.79 Å². The zero-order chi connectivity index (χ0) is 15.2. The fraction of sp³-hybridized carbons (Fsp3) is 0.688. The van der Waals surface area contributed by atoms with Crippen molar-refractivity contribution in [3.63, 3.8) is 0 Å². The minimum atomic E-state index is 0.0657. The van der Waals surface area contributed by atoms with E-state index in [2.05, 4.69) is 15.6 Å². The lowest BCUT2D eigenvalue weighted by molar-refractivity contribution is -0.127. The predicted molar refractivity (Wildman–Crippen MR) is 91.7 cm³/mol. The highest BCUT2D eigenvalue weighted by molar-refractivity contribution is 7.80. The molecule has 0 aliphatic heterocycles. The van der Waals surface area contributed by atoms with Crippen molar-refractivity contribution in [1.29, 1.82) is 0 Å². The number of thiocarbonyl (C=S) groups is 1. The molecule has 4 aliphatic carbocycles. The number of hydrogen-bond donors (Lipinski definition) is 2. The van der Waals surface area contributed by atoms with Crippen LogP contribution in [0.1, 0.15) is 44.9 Å². The van der Waals surface area contributed by atoms with Crippen molar-refractivity contribution in [2.45, 2.75) is 44.9 Å². The lowest BCUT2D eigenvalue weighted by Crippen LogP contribution is -2.48. The van der Waals surface area contributed by atoms with Gasteiger partial charge in [0.1, 0.15) is 0 Å². The third-order valence-electron chi connectivity index (χ3n) is 5.61. The van der Waals surface area contributed by atoms with Gasteiger partial charge in [0.25, 0.3) is 0 Å². The topological polar surface area (TPSA) is 54.0 Å². The Bertz CT molecular complexity index is 549. The van der Waals surface area contributed by atoms with E-state index in [9.17, 15) is 4.79 Å². The van der Waals surface area contributed by atoms with E-state index in [0.29, 0.717) is 11.5 Å². The Labute approximate surface area is 140 Å². The van der Waals surface area contributed by atoms with Crippen LogP contribution in [0.3, 0.4) is 0 Å². The largest absolute Gasteiger partial charge is 0.308 e. The summed E-state index contributed by atoms with van der Waals surface area (Å²) in [5.41, 5.74) is 0.260. The van der Waals surface area contributed by atoms with Crippen molar-refractivity contribution in [2.75, 3.05) is 5.32 Å². The smallest absolute Gasteiger partial charge is 0.226 e. The SMILES string of the molecule is O=C(CC12CC3CC(CC(C3)C1)C2)NC(=S)Nc1nccs1. The number of aromatic nitrogens is 1. The summed E-state index contributed by atoms with van der Waals surface area (Å²) in [5.74, 6) is 2.69. The molecule has 22 heavy (non-hydrogen) atoms. The normalized spacial score (nSPS) is 35.4. The zero-order valence-electron chi connectivity index (χ0n) is 12.5. The molecule has 0 aromatic carbocycles. The molecular formula is C16H21N3OS2. The third-order valence-corrected chi connectivity index (χ3v) is 6.50. The van der Waals surface area contributed by atoms with E-state index >= 15 is 0 Å². The highest BCUT2D eigenvalue weighted by Crippen LogP contribution is 2.61. The first kappa shape index (κ1) is 14.6. The summed E-state index contributed by atoms with van der Waals surface area (Å²) >= 11 is 6.68. The van der Waals surface area contributed by atoms with E-state index in [1.165, 1.54) is 49.9 Å². The number of amides is 1. The molecule has 4 bridgehead atoms. The van der Waals surface area contributed by atoms with Gasteiger partial charge < -0.3 is 10.6 Å². The quantitative estimate of drug-likeness (QED) is 0.829. The molecule has 1 aromatic heterocycles. The highest BCUT2D eigenvalue weighted by Gasteiger charge is 2.51. The molecule has 6 heteroatoms. The summed E-state index contributed by atoms with van der Waals surface area (Å²) in [6.45, 7) is 0. The van der Waals surface area contributed by atoms with Gasteiger partial charge in [-0.1, -0.05) is 0 Å². The van der Waals surface area contributed by atoms with Crippen LogP contribution in [0.25, 0.3) is 0 Å². The van der Waals surface area contributed by atoms with Crippen LogP contribution in [-0.2, 0) is 4.79 Å². The number of thiazole rings is 1. The molecule has 4 saturated carbocycles. The van der Waals surface area contributed by atoms with Crippen molar-refractivity contribution in [2.24, 2.45) is 23.2 Å². The molecule has 0 unspecified atom stereocenters. The van der Waals surface area contributed by atoms with Gasteiger partial charge in [-0.3, -0.25) is 4.79 Å². The fourth-order valence-corrected chi connectivity index (χ4v) is 6.24. The number of anilines is 1. The molecule has 0 atom stereocenters. The molecule has 0 saturated heterocycles. The highest BCUT2D eigenvalue weighted by atomic mass is 32.1. The molecule has 2 N–H and O–H groups in total. The maximum absolute atomic E-state index is 12.4. The maximum Gasteiger partial charge on any atom is 0.226 e. The summed E-state index contributed by atoms with van der Waals surface area (Å²) in [4.78, 5) is 16.5. The first-order valence-electron chi connectivity index (χ1n) is 8.11. The first-order valence-corrected chi connectivity index (χ1v) is 9.39. The van der Waals surface area contributed by atoms with Crippen LogP contribution in [0.2, 0.25) is 0 Å². The van der Waals surface area contributed by atoms with E-state index < -0.39 is 0 Å². The van der Waals surface area contributed by atoms with Gasteiger partial charge in [0.15, 0.2) is 10.2 Å². The number of nitrogens with zero attached hydrogens (tertiary/aromatic N) is 1. The Kier molecular flexibility index (Phi) is 3.69. The lowest BCUT2D eigenvalue weighted by atomic mass is 9.49. The zero-order valence-corrected chi connectivity index (χ0v) is 14.1. The van der Waals surface area contributed by atoms with E-state index in [-0.39, 0.29) is 11.3 Å². The lowest BCUT2D eigenvalue weighted by Gasteiger charge is -2.56. The average molecular weight is 335 g/mol. The van der Waals surface area contributed by atoms with Crippen LogP contribution in [0.5, 0.6) is 0 Å². The molecule has 1 amide bonds. The Morgan fingerprint density at radius 2 is 1.91 bits per heavy atom. The molecule has 118 valence electrons. The van der Waals surface area contributed by atoms with Gasteiger partial charge in [0, 0.05) is 18.0 Å². The van der Waals surface area contributed by atoms with Crippen LogP contribution in [0.15, 0.2) is 11.6 Å². The maximum atomic E-state index is 12.4. The molecule has 0 radical (unpaired) electrons. The fourth-order valence-electron chi connectivity index (χ4n) is 5.43. The van der Waals surface area contributed by atoms with E-state index in [4.69, 9.17) is 12.2 Å². The van der Waals surface area contributed by atoms with Crippen LogP contribution in [0, 0.1) is 23.2 Å². The Balaban J connectivity index is 1.35. The van der Waals surface area contributed by atoms with Gasteiger partial charge in [0.2, 0.25) is 5.91 Å². The van der Waals surface area contributed by atoms with Crippen LogP contribution < -0.4 is 10.6 Å². The molecule has 4 aliphatic rings. The summed E-state index contributed by atoms with van der Waals surface area (Å²) in [6.07, 6.45) is 10.3. The Morgan fingerprint density at radius 3 is 2.45 bits per heavy atom. The number of hydrogen-bond acceptors (Lipinski definition) is 4. The number of nitrogens with one attached hydrogen (secondary N) is 2. The Hall–Kier alpha value is -1.01. The van der Waals surface area contributed by atoms with Gasteiger partial charge in [0.05, 0.1) is 0 Å². The van der Waals surface area contributed by atoms with Gasteiger partial charge in [-0.05, 0) is 73.9 Å². The average Bonchev–Trinajstić information content (AvgIpc) is 2.88. The van der Waals surface area contributed by atoms with E-state index in [1.54, 1.807) is 6.20 Å². The van der Waals surface area contributed by atoms with Gasteiger partial charge in [-0.2, -0.15) is 0 Å². The molecule has 5 rings (SSSR count). The number of rotatable bonds is 3. The predicted octanol–water partition coefficient (Wildman–Crippen LogP) is 3.56. The number of carbonyl (C=O) groups excluding carboxylic acids is 1. The molecule has 0 spiro atoms. The summed E-state index contributed by atoms with van der Waals surface area (Å²) in [5, 5.41) is 8.77. The van der Waals surface area contributed by atoms with Crippen LogP contribution >= 0.6 is 23.6 Å². The minimum absolute atomic E-state index is 0.0657. The summed E-state index contributed by atoms with van der Waals surface area (Å²) in [6, 6.07) is 0. The molecular weight excluding hydrogens is 314 g/mol. The molecule has 1 heterocycles. The summed E-state index contributed by atoms with van der Waals surface area (Å²) in [7, 11) is 0. The minimum Gasteiger partial charge on any atom is -0.308 e. The molecule has 4 nitrogen and oxygen atoms in total. The van der Waals surface area contributed by atoms with Crippen molar-refractivity contribution in [3.05, 3.63) is 11.6 Å². The third kappa shape index (κ3) is 2.91. The first-order chi connectivity index (χ1) is 10.6. The Morgan fingerprint density at radius 1 is 1.27 bits per heavy atom. The van der Waals surface area contributed by atoms with Crippen molar-refractivity contribution >= 4 is 39.7 Å². The van der Waals surface area contributed by atoms with Gasteiger partial charge >= 0.3 is 0 Å². The monoisotopic (exact) mass is 335 g/mol. The molecule has 4 fully saturated rings. The van der Waals surface area contributed by atoms with Crippen LogP contribution in [0.4, 0.5) is 5.13 Å². The molecule has 1 aromatic rings. The number of carbonyl (C=O) groups is 1. The van der Waals surface area contributed by atoms with Crippen molar-refractivity contribution in [1.82, 2.24) is 10.3 Å². The second-order valence-electron chi connectivity index (χ2n) is 7.43. The van der Waals surface area contributed by atoms with Gasteiger partial charge in [-0.15, -0.1) is 11.3 Å². The van der Waals surface area contributed by atoms with Crippen LogP contribution in [-0.4, -0.2) is 16.0 Å². The summed E-state index contributed by atoms with van der Waals surface area (Å²) < 4.78 is 0. The van der Waals surface area contributed by atoms with Crippen molar-refractivity contribution in [3.8, 4) is 0 Å². The second-order valence-corrected chi connectivity index (χ2v) is 8.74. The van der Waals surface area contributed by atoms with E-state index in [0.717, 1.165) is 22.9 Å². The van der Waals surface area contributed by atoms with Gasteiger partial charge in [-0.25, -0.2) is 4.98 Å². The standard InChI is InChI=1S/C16H21N3OS2/c20-13(18-14(21)19-15-17-1-2-22-15)9-16-6-10-3-11(7-16)5-12(4-10)8-16/h1-2,10-12H,3-9H2,(H2,17,18,19,20,21). The second kappa shape index (κ2) is 5.57. The van der Waals surface area contributed by atoms with E-state index in [1.807, 2.05) is 5.38 Å².